The van der Waals surface area contributed by atoms with E-state index in [1.165, 1.54) is 6.07 Å². The summed E-state index contributed by atoms with van der Waals surface area (Å²) in [5.41, 5.74) is 0. The van der Waals surface area contributed by atoms with Crippen LogP contribution in [-0.2, 0) is 4.79 Å². The minimum atomic E-state index is -0.608. The van der Waals surface area contributed by atoms with Crippen LogP contribution in [0.5, 0.6) is 5.75 Å². The van der Waals surface area contributed by atoms with Crippen molar-refractivity contribution in [2.24, 2.45) is 0 Å². The summed E-state index contributed by atoms with van der Waals surface area (Å²) < 4.78 is 18.8. The van der Waals surface area contributed by atoms with Crippen molar-refractivity contribution < 1.29 is 13.9 Å². The van der Waals surface area contributed by atoms with E-state index in [4.69, 9.17) is 16.3 Å². The van der Waals surface area contributed by atoms with Crippen molar-refractivity contribution in [2.75, 3.05) is 13.2 Å². The van der Waals surface area contributed by atoms with Crippen LogP contribution in [-0.4, -0.2) is 19.1 Å². The molecule has 6 heteroatoms. The fraction of sp³-hybridized carbons (Fsp3) is 0.300. The second kappa shape index (κ2) is 6.06. The van der Waals surface area contributed by atoms with E-state index in [9.17, 15) is 9.18 Å². The highest BCUT2D eigenvalue weighted by Crippen LogP contribution is 2.31. The zero-order valence-electron chi connectivity index (χ0n) is 8.52. The Balaban J connectivity index is 2.70. The van der Waals surface area contributed by atoms with E-state index in [2.05, 4.69) is 21.2 Å². The highest BCUT2D eigenvalue weighted by Gasteiger charge is 2.11. The first-order chi connectivity index (χ1) is 7.54. The smallest absolute Gasteiger partial charge is 0.257 e. The van der Waals surface area contributed by atoms with Gasteiger partial charge in [0, 0.05) is 11.6 Å². The van der Waals surface area contributed by atoms with Crippen molar-refractivity contribution in [1.29, 1.82) is 0 Å². The second-order valence-corrected chi connectivity index (χ2v) is 4.23. The molecule has 0 spiro atoms. The average Bonchev–Trinajstić information content (AvgIpc) is 2.16. The lowest BCUT2D eigenvalue weighted by Gasteiger charge is -2.09. The Hall–Kier alpha value is -0.810. The first-order valence-corrected chi connectivity index (χ1v) is 5.75. The fourth-order valence-electron chi connectivity index (χ4n) is 1.05. The third-order valence-corrected chi connectivity index (χ3v) is 2.49. The van der Waals surface area contributed by atoms with E-state index in [1.54, 1.807) is 6.92 Å². The van der Waals surface area contributed by atoms with Crippen molar-refractivity contribution in [3.8, 4) is 5.75 Å². The molecule has 0 saturated heterocycles. The molecule has 16 heavy (non-hydrogen) atoms. The number of hydrogen-bond acceptors (Lipinski definition) is 2. The van der Waals surface area contributed by atoms with Gasteiger partial charge in [0.15, 0.2) is 18.2 Å². The Morgan fingerprint density at radius 1 is 1.62 bits per heavy atom. The zero-order chi connectivity index (χ0) is 12.1. The normalized spacial score (nSPS) is 10.0. The minimum absolute atomic E-state index is 0.0179. The summed E-state index contributed by atoms with van der Waals surface area (Å²) in [5.74, 6) is -0.928. The van der Waals surface area contributed by atoms with Gasteiger partial charge in [-0.25, -0.2) is 4.39 Å². The molecule has 88 valence electrons. The van der Waals surface area contributed by atoms with Gasteiger partial charge in [0.05, 0.1) is 4.47 Å². The predicted molar refractivity (Wildman–Crippen MR) is 63.3 cm³/mol. The van der Waals surface area contributed by atoms with Gasteiger partial charge in [0.2, 0.25) is 0 Å². The molecule has 0 saturated carbocycles. The first kappa shape index (κ1) is 13.3. The predicted octanol–water partition coefficient (Wildman–Crippen LogP) is 2.76. The summed E-state index contributed by atoms with van der Waals surface area (Å²) in [7, 11) is 0. The molecule has 0 aliphatic rings. The number of likely N-dealkylation sites (N-methyl/N-ethyl adjacent to an activating group) is 1. The molecule has 0 aromatic heterocycles. The van der Waals surface area contributed by atoms with Gasteiger partial charge >= 0.3 is 0 Å². The Kier molecular flexibility index (Phi) is 5.02. The fourth-order valence-corrected chi connectivity index (χ4v) is 1.94. The molecule has 0 unspecified atom stereocenters. The van der Waals surface area contributed by atoms with Gasteiger partial charge in [-0.05, 0) is 35.0 Å². The van der Waals surface area contributed by atoms with E-state index in [0.717, 1.165) is 6.07 Å². The molecule has 1 rings (SSSR count). The van der Waals surface area contributed by atoms with Gasteiger partial charge in [-0.1, -0.05) is 11.6 Å². The van der Waals surface area contributed by atoms with Crippen LogP contribution in [0.1, 0.15) is 6.92 Å². The van der Waals surface area contributed by atoms with Gasteiger partial charge in [-0.3, -0.25) is 4.79 Å². The van der Waals surface area contributed by atoms with Crippen LogP contribution in [0, 0.1) is 5.82 Å². The number of nitrogens with one attached hydrogen (secondary N) is 1. The maximum Gasteiger partial charge on any atom is 0.257 e. The van der Waals surface area contributed by atoms with Crippen molar-refractivity contribution in [3.63, 3.8) is 0 Å². The number of amides is 1. The molecule has 0 fully saturated rings. The summed E-state index contributed by atoms with van der Waals surface area (Å²) in [6, 6.07) is 2.62. The van der Waals surface area contributed by atoms with Gasteiger partial charge in [-0.2, -0.15) is 0 Å². The molecular formula is C10H10BrClFNO2. The molecule has 0 heterocycles. The summed E-state index contributed by atoms with van der Waals surface area (Å²) in [4.78, 5) is 11.1. The van der Waals surface area contributed by atoms with Crippen LogP contribution >= 0.6 is 27.5 Å². The van der Waals surface area contributed by atoms with Crippen LogP contribution < -0.4 is 10.1 Å². The number of ether oxygens (including phenoxy) is 1. The maximum absolute atomic E-state index is 13.4. The van der Waals surface area contributed by atoms with E-state index >= 15 is 0 Å². The molecule has 3 nitrogen and oxygen atoms in total. The quantitative estimate of drug-likeness (QED) is 0.928. The maximum atomic E-state index is 13.4. The van der Waals surface area contributed by atoms with Gasteiger partial charge in [0.1, 0.15) is 0 Å². The topological polar surface area (TPSA) is 38.3 Å². The van der Waals surface area contributed by atoms with Gasteiger partial charge < -0.3 is 10.1 Å². The molecule has 0 atom stereocenters. The molecule has 1 N–H and O–H groups in total. The van der Waals surface area contributed by atoms with Crippen molar-refractivity contribution in [2.45, 2.75) is 6.92 Å². The Morgan fingerprint density at radius 3 is 2.88 bits per heavy atom. The number of carbonyl (C=O) groups is 1. The number of halogens is 3. The lowest BCUT2D eigenvalue weighted by atomic mass is 10.3. The van der Waals surface area contributed by atoms with Gasteiger partial charge in [0.25, 0.3) is 5.91 Å². The lowest BCUT2D eigenvalue weighted by molar-refractivity contribution is -0.123. The van der Waals surface area contributed by atoms with Crippen LogP contribution in [0.25, 0.3) is 0 Å². The molecule has 0 aliphatic carbocycles. The molecule has 1 aromatic rings. The molecule has 1 amide bonds. The Bertz CT molecular complexity index is 377. The minimum Gasteiger partial charge on any atom is -0.480 e. The van der Waals surface area contributed by atoms with Crippen LogP contribution in [0.3, 0.4) is 0 Å². The Labute approximate surface area is 106 Å². The van der Waals surface area contributed by atoms with Crippen molar-refractivity contribution in [1.82, 2.24) is 5.32 Å². The zero-order valence-corrected chi connectivity index (χ0v) is 10.9. The summed E-state index contributed by atoms with van der Waals surface area (Å²) in [6.07, 6.45) is 0. The van der Waals surface area contributed by atoms with E-state index < -0.39 is 5.82 Å². The Morgan fingerprint density at radius 2 is 2.31 bits per heavy atom. The third-order valence-electron chi connectivity index (χ3n) is 1.68. The molecule has 0 radical (unpaired) electrons. The molecule has 1 aromatic carbocycles. The standard InChI is InChI=1S/C10H10BrClFNO2/c1-2-14-9(15)5-16-10-7(11)3-6(12)4-8(10)13/h3-4H,2,5H2,1H3,(H,14,15). The largest absolute Gasteiger partial charge is 0.480 e. The third kappa shape index (κ3) is 3.64. The number of hydrogen-bond donors (Lipinski definition) is 1. The lowest BCUT2D eigenvalue weighted by Crippen LogP contribution is -2.28. The first-order valence-electron chi connectivity index (χ1n) is 4.58. The van der Waals surface area contributed by atoms with Crippen molar-refractivity contribution in [3.05, 3.63) is 27.4 Å². The highest BCUT2D eigenvalue weighted by atomic mass is 79.9. The summed E-state index contributed by atoms with van der Waals surface area (Å²) >= 11 is 8.74. The SMILES string of the molecule is CCNC(=O)COc1c(F)cc(Cl)cc1Br. The average molecular weight is 311 g/mol. The van der Waals surface area contributed by atoms with Crippen LogP contribution in [0.4, 0.5) is 4.39 Å². The second-order valence-electron chi connectivity index (χ2n) is 2.94. The number of rotatable bonds is 4. The molecular weight excluding hydrogens is 300 g/mol. The highest BCUT2D eigenvalue weighted by molar-refractivity contribution is 9.10. The summed E-state index contributed by atoms with van der Waals surface area (Å²) in [5, 5.41) is 2.80. The molecule has 0 bridgehead atoms. The van der Waals surface area contributed by atoms with Crippen molar-refractivity contribution >= 4 is 33.4 Å². The monoisotopic (exact) mass is 309 g/mol. The van der Waals surface area contributed by atoms with E-state index in [1.807, 2.05) is 0 Å². The van der Waals surface area contributed by atoms with E-state index in [-0.39, 0.29) is 23.3 Å². The number of benzene rings is 1. The van der Waals surface area contributed by atoms with Crippen LogP contribution in [0.2, 0.25) is 5.02 Å². The van der Waals surface area contributed by atoms with E-state index in [0.29, 0.717) is 11.0 Å². The molecule has 0 aliphatic heterocycles. The summed E-state index contributed by atoms with van der Waals surface area (Å²) in [6.45, 7) is 2.06. The number of carbonyl (C=O) groups excluding carboxylic acids is 1. The van der Waals surface area contributed by atoms with Gasteiger partial charge in [-0.15, -0.1) is 0 Å². The van der Waals surface area contributed by atoms with Crippen LogP contribution in [0.15, 0.2) is 16.6 Å².